The summed E-state index contributed by atoms with van der Waals surface area (Å²) in [6.07, 6.45) is 2.68. The summed E-state index contributed by atoms with van der Waals surface area (Å²) in [7, 11) is 0. The zero-order valence-electron chi connectivity index (χ0n) is 18.5. The molecular formula is C25H28N4O2S. The molecule has 1 atom stereocenters. The third kappa shape index (κ3) is 4.93. The van der Waals surface area contributed by atoms with E-state index in [0.717, 1.165) is 24.1 Å². The minimum atomic E-state index is -0.557. The Hall–Kier alpha value is -2.93. The molecule has 2 aliphatic heterocycles. The van der Waals surface area contributed by atoms with Crippen LogP contribution in [0.3, 0.4) is 0 Å². The average Bonchev–Trinajstić information content (AvgIpc) is 3.14. The van der Waals surface area contributed by atoms with Crippen molar-refractivity contribution in [3.63, 3.8) is 0 Å². The van der Waals surface area contributed by atoms with Gasteiger partial charge in [0.15, 0.2) is 5.17 Å². The van der Waals surface area contributed by atoms with Gasteiger partial charge in [0.05, 0.1) is 5.69 Å². The maximum Gasteiger partial charge on any atom is 0.259 e. The van der Waals surface area contributed by atoms with Gasteiger partial charge in [0, 0.05) is 24.3 Å². The molecule has 0 fully saturated rings. The molecule has 0 unspecified atom stereocenters. The van der Waals surface area contributed by atoms with Crippen LogP contribution in [0.1, 0.15) is 49.3 Å². The summed E-state index contributed by atoms with van der Waals surface area (Å²) < 4.78 is 0. The first kappa shape index (κ1) is 22.3. The Morgan fingerprint density at radius 2 is 1.94 bits per heavy atom. The number of nitrogens with zero attached hydrogens (tertiary/aromatic N) is 3. The molecule has 166 valence electrons. The van der Waals surface area contributed by atoms with Gasteiger partial charge in [0.1, 0.15) is 11.9 Å². The van der Waals surface area contributed by atoms with Crippen LogP contribution in [0, 0.1) is 6.92 Å². The highest BCUT2D eigenvalue weighted by molar-refractivity contribution is 8.13. The van der Waals surface area contributed by atoms with Crippen LogP contribution in [-0.2, 0) is 15.3 Å². The van der Waals surface area contributed by atoms with E-state index in [1.54, 1.807) is 4.90 Å². The molecule has 1 N–H and O–H groups in total. The first-order valence-electron chi connectivity index (χ1n) is 11.1. The van der Waals surface area contributed by atoms with Crippen LogP contribution in [-0.4, -0.2) is 40.3 Å². The maximum absolute atomic E-state index is 13.3. The second-order valence-electron chi connectivity index (χ2n) is 8.07. The summed E-state index contributed by atoms with van der Waals surface area (Å²) in [5.74, 6) is 1.22. The first-order valence-corrected chi connectivity index (χ1v) is 12.1. The summed E-state index contributed by atoms with van der Waals surface area (Å²) in [6, 6.07) is 15.6. The van der Waals surface area contributed by atoms with Gasteiger partial charge in [-0.1, -0.05) is 67.1 Å². The molecule has 7 heteroatoms. The second-order valence-corrected chi connectivity index (χ2v) is 9.01. The Balaban J connectivity index is 1.50. The fourth-order valence-electron chi connectivity index (χ4n) is 3.68. The maximum atomic E-state index is 13.3. The second kappa shape index (κ2) is 10.1. The third-order valence-corrected chi connectivity index (χ3v) is 6.54. The van der Waals surface area contributed by atoms with Crippen molar-refractivity contribution in [1.29, 1.82) is 0 Å². The van der Waals surface area contributed by atoms with Gasteiger partial charge in [0.25, 0.3) is 5.91 Å². The lowest BCUT2D eigenvalue weighted by Crippen LogP contribution is -2.41. The molecule has 2 amide bonds. The summed E-state index contributed by atoms with van der Waals surface area (Å²) in [6.45, 7) is 4.83. The van der Waals surface area contributed by atoms with Crippen LogP contribution < -0.4 is 5.32 Å². The first-order chi connectivity index (χ1) is 15.6. The number of amidine groups is 2. The van der Waals surface area contributed by atoms with Crippen molar-refractivity contribution in [2.75, 3.05) is 6.54 Å². The molecule has 32 heavy (non-hydrogen) atoms. The number of hydrogen-bond acceptors (Lipinski definition) is 5. The number of aryl methyl sites for hydroxylation is 1. The lowest BCUT2D eigenvalue weighted by atomic mass is 10.1. The van der Waals surface area contributed by atoms with Crippen molar-refractivity contribution < 1.29 is 9.59 Å². The molecule has 0 aliphatic carbocycles. The van der Waals surface area contributed by atoms with Gasteiger partial charge in [-0.05, 0) is 37.5 Å². The molecule has 0 aromatic heterocycles. The van der Waals surface area contributed by atoms with Crippen molar-refractivity contribution in [2.45, 2.75) is 51.3 Å². The fourth-order valence-corrected chi connectivity index (χ4v) is 4.64. The minimum Gasteiger partial charge on any atom is -0.356 e. The minimum absolute atomic E-state index is 0.0284. The van der Waals surface area contributed by atoms with Crippen molar-refractivity contribution in [3.05, 3.63) is 65.2 Å². The van der Waals surface area contributed by atoms with Crippen LogP contribution in [0.2, 0.25) is 0 Å². The number of benzene rings is 2. The number of para-hydroxylation sites is 1. The molecular weight excluding hydrogens is 420 g/mol. The van der Waals surface area contributed by atoms with E-state index in [4.69, 9.17) is 9.98 Å². The number of carbonyl (C=O) groups excluding carboxylic acids is 2. The van der Waals surface area contributed by atoms with E-state index in [9.17, 15) is 9.59 Å². The van der Waals surface area contributed by atoms with Crippen LogP contribution in [0.25, 0.3) is 0 Å². The molecule has 6 nitrogen and oxygen atoms in total. The quantitative estimate of drug-likeness (QED) is 0.601. The Morgan fingerprint density at radius 3 is 2.72 bits per heavy atom. The lowest BCUT2D eigenvalue weighted by molar-refractivity contribution is -0.125. The molecule has 2 aromatic rings. The van der Waals surface area contributed by atoms with E-state index >= 15 is 0 Å². The van der Waals surface area contributed by atoms with Crippen molar-refractivity contribution in [2.24, 2.45) is 9.98 Å². The van der Waals surface area contributed by atoms with Crippen molar-refractivity contribution in [1.82, 2.24) is 10.2 Å². The zero-order valence-corrected chi connectivity index (χ0v) is 19.3. The summed E-state index contributed by atoms with van der Waals surface area (Å²) in [4.78, 5) is 36.6. The Labute approximate surface area is 193 Å². The number of rotatable bonds is 8. The van der Waals surface area contributed by atoms with Crippen LogP contribution in [0.5, 0.6) is 0 Å². The SMILES string of the molecule is CCCCNC(=O)CC[C@@H]1N=C2c3ccccc3N=C(SCc3ccc(C)cc3)N2C1=O. The largest absolute Gasteiger partial charge is 0.356 e. The van der Waals surface area contributed by atoms with Gasteiger partial charge in [-0.15, -0.1) is 0 Å². The highest BCUT2D eigenvalue weighted by atomic mass is 32.2. The number of carbonyl (C=O) groups is 2. The molecule has 2 aliphatic rings. The zero-order chi connectivity index (χ0) is 22.5. The number of fused-ring (bicyclic) bond motifs is 3. The van der Waals surface area contributed by atoms with Gasteiger partial charge in [0.2, 0.25) is 5.91 Å². The number of hydrogen-bond donors (Lipinski definition) is 1. The van der Waals surface area contributed by atoms with E-state index in [-0.39, 0.29) is 18.2 Å². The molecule has 0 spiro atoms. The summed E-state index contributed by atoms with van der Waals surface area (Å²) >= 11 is 1.54. The van der Waals surface area contributed by atoms with Gasteiger partial charge in [-0.3, -0.25) is 14.6 Å². The third-order valence-electron chi connectivity index (χ3n) is 5.53. The highest BCUT2D eigenvalue weighted by Crippen LogP contribution is 2.35. The van der Waals surface area contributed by atoms with E-state index < -0.39 is 6.04 Å². The van der Waals surface area contributed by atoms with E-state index in [1.165, 1.54) is 22.9 Å². The molecule has 0 saturated carbocycles. The van der Waals surface area contributed by atoms with Crippen LogP contribution >= 0.6 is 11.8 Å². The highest BCUT2D eigenvalue weighted by Gasteiger charge is 2.41. The topological polar surface area (TPSA) is 74.1 Å². The van der Waals surface area contributed by atoms with Gasteiger partial charge >= 0.3 is 0 Å². The smallest absolute Gasteiger partial charge is 0.259 e. The summed E-state index contributed by atoms with van der Waals surface area (Å²) in [5, 5.41) is 3.55. The Kier molecular flexibility index (Phi) is 7.05. The van der Waals surface area contributed by atoms with Crippen LogP contribution in [0.4, 0.5) is 5.69 Å². The normalized spacial score (nSPS) is 16.9. The van der Waals surface area contributed by atoms with E-state index in [0.29, 0.717) is 29.7 Å². The number of unbranched alkanes of at least 4 members (excludes halogenated alkanes) is 1. The predicted molar refractivity (Wildman–Crippen MR) is 130 cm³/mol. The molecule has 0 saturated heterocycles. The van der Waals surface area contributed by atoms with E-state index in [2.05, 4.69) is 43.4 Å². The Morgan fingerprint density at radius 1 is 1.16 bits per heavy atom. The van der Waals surface area contributed by atoms with Gasteiger partial charge < -0.3 is 5.32 Å². The molecule has 0 bridgehead atoms. The summed E-state index contributed by atoms with van der Waals surface area (Å²) in [5.41, 5.74) is 4.07. The van der Waals surface area contributed by atoms with Crippen molar-refractivity contribution >= 4 is 40.3 Å². The predicted octanol–water partition coefficient (Wildman–Crippen LogP) is 4.58. The van der Waals surface area contributed by atoms with Gasteiger partial charge in [-0.2, -0.15) is 0 Å². The average molecular weight is 449 g/mol. The molecule has 2 heterocycles. The molecule has 0 radical (unpaired) electrons. The van der Waals surface area contributed by atoms with Crippen molar-refractivity contribution in [3.8, 4) is 0 Å². The lowest BCUT2D eigenvalue weighted by Gasteiger charge is -2.25. The molecule has 2 aromatic carbocycles. The number of amides is 2. The number of aliphatic imine (C=N–C) groups is 2. The number of thioether (sulfide) groups is 1. The number of nitrogens with one attached hydrogen (secondary N) is 1. The van der Waals surface area contributed by atoms with Crippen LogP contribution in [0.15, 0.2) is 58.5 Å². The standard InChI is InChI=1S/C25H28N4O2S/c1-3-4-15-26-22(30)14-13-21-24(31)29-23(27-21)19-7-5-6-8-20(19)28-25(29)32-16-18-11-9-17(2)10-12-18/h5-12,21H,3-4,13-16H2,1-2H3,(H,26,30)/t21-/m0/s1. The Bertz CT molecular complexity index is 1060. The van der Waals surface area contributed by atoms with E-state index in [1.807, 2.05) is 24.3 Å². The monoisotopic (exact) mass is 448 g/mol. The van der Waals surface area contributed by atoms with Gasteiger partial charge in [-0.25, -0.2) is 9.89 Å². The fraction of sp³-hybridized carbons (Fsp3) is 0.360. The molecule has 4 rings (SSSR count).